The molecule has 0 unspecified atom stereocenters. The van der Waals surface area contributed by atoms with Gasteiger partial charge in [0.15, 0.2) is 0 Å². The molecule has 1 heterocycles. The molecule has 14 heavy (non-hydrogen) atoms. The van der Waals surface area contributed by atoms with Gasteiger partial charge in [-0.3, -0.25) is 0 Å². The van der Waals surface area contributed by atoms with Crippen molar-refractivity contribution in [2.24, 2.45) is 0 Å². The van der Waals surface area contributed by atoms with E-state index in [0.29, 0.717) is 5.02 Å². The second-order valence-corrected chi connectivity index (χ2v) is 4.45. The molecule has 1 aromatic carbocycles. The lowest BCUT2D eigenvalue weighted by molar-refractivity contribution is 0.0343. The minimum atomic E-state index is -0.0875. The highest BCUT2D eigenvalue weighted by Crippen LogP contribution is 2.32. The highest BCUT2D eigenvalue weighted by Gasteiger charge is 2.34. The van der Waals surface area contributed by atoms with Crippen LogP contribution in [0.25, 0.3) is 0 Å². The van der Waals surface area contributed by atoms with E-state index < -0.39 is 0 Å². The Balaban J connectivity index is 2.23. The molecule has 1 aliphatic rings. The van der Waals surface area contributed by atoms with Gasteiger partial charge in [-0.15, -0.1) is 0 Å². The summed E-state index contributed by atoms with van der Waals surface area (Å²) in [5, 5.41) is 3.89. The van der Waals surface area contributed by atoms with Gasteiger partial charge in [-0.05, 0) is 25.5 Å². The number of aryl methyl sites for hydroxylation is 1. The largest absolute Gasteiger partial charge is 0.483 e. The third-order valence-corrected chi connectivity index (χ3v) is 2.81. The summed E-state index contributed by atoms with van der Waals surface area (Å²) < 4.78 is 5.90. The zero-order valence-corrected chi connectivity index (χ0v) is 9.19. The molecular weight excluding hydrogens is 198 g/mol. The van der Waals surface area contributed by atoms with Crippen LogP contribution in [0.4, 0.5) is 0 Å². The lowest BCUT2D eigenvalue weighted by atomic mass is 10.00. The second kappa shape index (κ2) is 3.44. The minimum Gasteiger partial charge on any atom is -0.483 e. The third-order valence-electron chi connectivity index (χ3n) is 2.51. The number of rotatable bonds is 2. The smallest absolute Gasteiger partial charge is 0.141 e. The predicted molar refractivity (Wildman–Crippen MR) is 58.1 cm³/mol. The van der Waals surface area contributed by atoms with Crippen molar-refractivity contribution in [2.45, 2.75) is 19.4 Å². The summed E-state index contributed by atoms with van der Waals surface area (Å²) in [6, 6.07) is 5.81. The number of halogens is 1. The fourth-order valence-electron chi connectivity index (χ4n) is 1.54. The first-order valence-electron chi connectivity index (χ1n) is 4.76. The Labute approximate surface area is 89.2 Å². The first kappa shape index (κ1) is 9.81. The van der Waals surface area contributed by atoms with Gasteiger partial charge in [0.2, 0.25) is 0 Å². The maximum atomic E-state index is 6.07. The molecule has 0 amide bonds. The van der Waals surface area contributed by atoms with Crippen LogP contribution in [-0.2, 0) is 0 Å². The van der Waals surface area contributed by atoms with Crippen LogP contribution in [0.2, 0.25) is 5.02 Å². The van der Waals surface area contributed by atoms with Gasteiger partial charge in [0.1, 0.15) is 11.4 Å². The highest BCUT2D eigenvalue weighted by molar-refractivity contribution is 6.32. The van der Waals surface area contributed by atoms with Crippen LogP contribution in [-0.4, -0.2) is 18.7 Å². The van der Waals surface area contributed by atoms with E-state index in [1.165, 1.54) is 0 Å². The zero-order valence-electron chi connectivity index (χ0n) is 8.43. The van der Waals surface area contributed by atoms with E-state index in [9.17, 15) is 0 Å². The van der Waals surface area contributed by atoms with Gasteiger partial charge in [0, 0.05) is 13.1 Å². The summed E-state index contributed by atoms with van der Waals surface area (Å²) in [4.78, 5) is 0. The van der Waals surface area contributed by atoms with Crippen molar-refractivity contribution in [1.29, 1.82) is 0 Å². The quantitative estimate of drug-likeness (QED) is 0.811. The number of ether oxygens (including phenoxy) is 1. The molecule has 0 aliphatic carbocycles. The van der Waals surface area contributed by atoms with Crippen LogP contribution in [0.3, 0.4) is 0 Å². The van der Waals surface area contributed by atoms with Crippen molar-refractivity contribution >= 4 is 11.6 Å². The van der Waals surface area contributed by atoms with Gasteiger partial charge < -0.3 is 10.1 Å². The van der Waals surface area contributed by atoms with Crippen LogP contribution in [0.5, 0.6) is 5.75 Å². The normalized spacial score (nSPS) is 18.8. The lowest BCUT2D eigenvalue weighted by Gasteiger charge is -2.40. The van der Waals surface area contributed by atoms with Gasteiger partial charge in [0.05, 0.1) is 5.02 Å². The van der Waals surface area contributed by atoms with Crippen LogP contribution in [0.1, 0.15) is 12.5 Å². The SMILES string of the molecule is Cc1cccc(Cl)c1OC1(C)CNC1. The van der Waals surface area contributed by atoms with E-state index in [2.05, 4.69) is 12.2 Å². The molecule has 0 saturated carbocycles. The van der Waals surface area contributed by atoms with Crippen molar-refractivity contribution in [2.75, 3.05) is 13.1 Å². The molecule has 0 aromatic heterocycles. The molecule has 76 valence electrons. The fraction of sp³-hybridized carbons (Fsp3) is 0.455. The average molecular weight is 212 g/mol. The molecule has 2 nitrogen and oxygen atoms in total. The molecular formula is C11H14ClNO. The predicted octanol–water partition coefficient (Wildman–Crippen LogP) is 2.39. The van der Waals surface area contributed by atoms with Gasteiger partial charge in [-0.25, -0.2) is 0 Å². The van der Waals surface area contributed by atoms with Crippen molar-refractivity contribution in [1.82, 2.24) is 5.32 Å². The van der Waals surface area contributed by atoms with E-state index in [1.807, 2.05) is 25.1 Å². The summed E-state index contributed by atoms with van der Waals surface area (Å²) >= 11 is 6.07. The Hall–Kier alpha value is -0.730. The van der Waals surface area contributed by atoms with E-state index >= 15 is 0 Å². The van der Waals surface area contributed by atoms with Crippen molar-refractivity contribution < 1.29 is 4.74 Å². The molecule has 1 saturated heterocycles. The Morgan fingerprint density at radius 3 is 2.64 bits per heavy atom. The number of hydrogen-bond donors (Lipinski definition) is 1. The van der Waals surface area contributed by atoms with Crippen LogP contribution in [0.15, 0.2) is 18.2 Å². The summed E-state index contributed by atoms with van der Waals surface area (Å²) in [7, 11) is 0. The van der Waals surface area contributed by atoms with E-state index in [-0.39, 0.29) is 5.60 Å². The number of benzene rings is 1. The van der Waals surface area contributed by atoms with Crippen LogP contribution in [0, 0.1) is 6.92 Å². The zero-order chi connectivity index (χ0) is 10.2. The highest BCUT2D eigenvalue weighted by atomic mass is 35.5. The summed E-state index contributed by atoms with van der Waals surface area (Å²) in [5.41, 5.74) is 1.00. The topological polar surface area (TPSA) is 21.3 Å². The van der Waals surface area contributed by atoms with E-state index in [0.717, 1.165) is 24.4 Å². The fourth-order valence-corrected chi connectivity index (χ4v) is 1.80. The molecule has 1 N–H and O–H groups in total. The number of nitrogens with one attached hydrogen (secondary N) is 1. The molecule has 0 radical (unpaired) electrons. The van der Waals surface area contributed by atoms with Crippen molar-refractivity contribution in [3.8, 4) is 5.75 Å². The second-order valence-electron chi connectivity index (χ2n) is 4.04. The Kier molecular flexibility index (Phi) is 2.41. The Morgan fingerprint density at radius 1 is 1.43 bits per heavy atom. The molecule has 3 heteroatoms. The molecule has 1 aromatic rings. The van der Waals surface area contributed by atoms with Gasteiger partial charge in [-0.1, -0.05) is 23.7 Å². The summed E-state index contributed by atoms with van der Waals surface area (Å²) in [6.07, 6.45) is 0. The Morgan fingerprint density at radius 2 is 2.14 bits per heavy atom. The Bertz CT molecular complexity index is 327. The minimum absolute atomic E-state index is 0.0875. The first-order chi connectivity index (χ1) is 6.61. The number of para-hydroxylation sites is 1. The number of hydrogen-bond acceptors (Lipinski definition) is 2. The molecule has 1 aliphatic heterocycles. The third kappa shape index (κ3) is 1.72. The molecule has 0 spiro atoms. The van der Waals surface area contributed by atoms with Crippen molar-refractivity contribution in [3.63, 3.8) is 0 Å². The van der Waals surface area contributed by atoms with Crippen LogP contribution >= 0.6 is 11.6 Å². The molecule has 0 atom stereocenters. The van der Waals surface area contributed by atoms with Crippen molar-refractivity contribution in [3.05, 3.63) is 28.8 Å². The standard InChI is InChI=1S/C11H14ClNO/c1-8-4-3-5-9(12)10(8)14-11(2)6-13-7-11/h3-5,13H,6-7H2,1-2H3. The molecule has 1 fully saturated rings. The molecule has 2 rings (SSSR count). The summed E-state index contributed by atoms with van der Waals surface area (Å²) in [5.74, 6) is 0.818. The van der Waals surface area contributed by atoms with Gasteiger partial charge in [0.25, 0.3) is 0 Å². The van der Waals surface area contributed by atoms with Gasteiger partial charge >= 0.3 is 0 Å². The molecule has 0 bridgehead atoms. The van der Waals surface area contributed by atoms with Crippen LogP contribution < -0.4 is 10.1 Å². The van der Waals surface area contributed by atoms with Gasteiger partial charge in [-0.2, -0.15) is 0 Å². The van der Waals surface area contributed by atoms with E-state index in [4.69, 9.17) is 16.3 Å². The van der Waals surface area contributed by atoms with E-state index in [1.54, 1.807) is 0 Å². The maximum Gasteiger partial charge on any atom is 0.141 e. The maximum absolute atomic E-state index is 6.07. The average Bonchev–Trinajstić information content (AvgIpc) is 2.09. The lowest BCUT2D eigenvalue weighted by Crippen LogP contribution is -2.61. The summed E-state index contributed by atoms with van der Waals surface area (Å²) in [6.45, 7) is 5.87. The first-order valence-corrected chi connectivity index (χ1v) is 5.13. The monoisotopic (exact) mass is 211 g/mol.